The Hall–Kier alpha value is -4.12. The second-order valence-corrected chi connectivity index (χ2v) is 8.15. The van der Waals surface area contributed by atoms with Gasteiger partial charge in [-0.15, -0.1) is 0 Å². The van der Waals surface area contributed by atoms with Crippen LogP contribution in [-0.4, -0.2) is 74.2 Å². The van der Waals surface area contributed by atoms with Gasteiger partial charge in [0.2, 0.25) is 23.4 Å². The van der Waals surface area contributed by atoms with E-state index in [1.807, 2.05) is 4.90 Å². The smallest absolute Gasteiger partial charge is 0.325 e. The highest BCUT2D eigenvalue weighted by atomic mass is 16.2. The lowest BCUT2D eigenvalue weighted by Crippen LogP contribution is -2.50. The number of piperazine rings is 1. The molecule has 0 saturated carbocycles. The molecule has 0 unspecified atom stereocenters. The number of H-pyrrole nitrogens is 2. The summed E-state index contributed by atoms with van der Waals surface area (Å²) in [6.45, 7) is 4.23. The third-order valence-electron chi connectivity index (χ3n) is 5.82. The number of aromatic nitrogens is 2. The number of nitrogens with one attached hydrogen (secondary N) is 2. The lowest BCUT2D eigenvalue weighted by atomic mass is 9.88. The molecule has 2 heterocycles. The number of benzene rings is 1. The Morgan fingerprint density at radius 3 is 2.03 bits per heavy atom. The highest BCUT2D eigenvalue weighted by molar-refractivity contribution is 6.28. The van der Waals surface area contributed by atoms with Crippen molar-refractivity contribution in [1.29, 1.82) is 0 Å². The first-order valence-corrected chi connectivity index (χ1v) is 10.7. The number of carbonyl (C=O) groups excluding carboxylic acids is 4. The predicted molar refractivity (Wildman–Crippen MR) is 120 cm³/mol. The van der Waals surface area contributed by atoms with Crippen LogP contribution in [0.5, 0.6) is 0 Å². The van der Waals surface area contributed by atoms with Crippen LogP contribution >= 0.6 is 0 Å². The van der Waals surface area contributed by atoms with Gasteiger partial charge >= 0.3 is 5.69 Å². The highest BCUT2D eigenvalue weighted by Gasteiger charge is 2.40. The second kappa shape index (κ2) is 9.02. The van der Waals surface area contributed by atoms with E-state index in [9.17, 15) is 28.8 Å². The summed E-state index contributed by atoms with van der Waals surface area (Å²) >= 11 is 0. The molecule has 0 bridgehead atoms. The Morgan fingerprint density at radius 2 is 1.47 bits per heavy atom. The average molecular weight is 465 g/mol. The number of hydrogen-bond donors (Lipinski definition) is 2. The normalized spacial score (nSPS) is 16.5. The number of Topliss-reactive ketones (excluding diaryl/α,β-unsaturated/α-hetero) is 2. The van der Waals surface area contributed by atoms with Gasteiger partial charge in [0.1, 0.15) is 11.4 Å². The van der Waals surface area contributed by atoms with Gasteiger partial charge in [0.15, 0.2) is 0 Å². The third kappa shape index (κ3) is 4.25. The van der Waals surface area contributed by atoms with E-state index in [1.54, 1.807) is 23.1 Å². The van der Waals surface area contributed by atoms with Crippen LogP contribution in [-0.2, 0) is 16.1 Å². The van der Waals surface area contributed by atoms with Crippen LogP contribution in [0.3, 0.4) is 0 Å². The van der Waals surface area contributed by atoms with Gasteiger partial charge in [0.25, 0.3) is 5.56 Å². The summed E-state index contributed by atoms with van der Waals surface area (Å²) in [5.74, 6) is -2.29. The van der Waals surface area contributed by atoms with Crippen molar-refractivity contribution < 1.29 is 19.2 Å². The van der Waals surface area contributed by atoms with Gasteiger partial charge in [-0.05, 0) is 0 Å². The van der Waals surface area contributed by atoms with Crippen molar-refractivity contribution in [2.75, 3.05) is 26.2 Å². The lowest BCUT2D eigenvalue weighted by Gasteiger charge is -2.39. The number of allylic oxidation sites excluding steroid dienone is 2. The summed E-state index contributed by atoms with van der Waals surface area (Å²) in [4.78, 5) is 83.7. The molecule has 1 saturated heterocycles. The van der Waals surface area contributed by atoms with E-state index in [0.29, 0.717) is 38.4 Å². The molecule has 1 aliphatic heterocycles. The van der Waals surface area contributed by atoms with Gasteiger partial charge in [-0.1, -0.05) is 24.3 Å². The second-order valence-electron chi connectivity index (χ2n) is 8.15. The molecule has 11 heteroatoms. The zero-order chi connectivity index (χ0) is 24.6. The van der Waals surface area contributed by atoms with Crippen LogP contribution in [0.1, 0.15) is 40.3 Å². The Morgan fingerprint density at radius 1 is 0.882 bits per heavy atom. The van der Waals surface area contributed by atoms with Crippen molar-refractivity contribution in [2.24, 2.45) is 0 Å². The molecule has 1 aromatic carbocycles. The Labute approximate surface area is 193 Å². The van der Waals surface area contributed by atoms with Crippen LogP contribution in [0.15, 0.2) is 51.3 Å². The van der Waals surface area contributed by atoms with E-state index in [1.165, 1.54) is 26.0 Å². The van der Waals surface area contributed by atoms with Gasteiger partial charge in [-0.25, -0.2) is 9.69 Å². The SMILES string of the molecule is CC(=O)N(C(C)=O)C1=C(N2CCN(Cc3cc(=O)[nH]c(=O)[nH]3)CC2)C(=O)c2ccccc2C1=O. The van der Waals surface area contributed by atoms with E-state index in [0.717, 1.165) is 4.90 Å². The average Bonchev–Trinajstić information content (AvgIpc) is 2.77. The number of carbonyl (C=O) groups is 4. The lowest BCUT2D eigenvalue weighted by molar-refractivity contribution is -0.139. The van der Waals surface area contributed by atoms with Crippen molar-refractivity contribution in [1.82, 2.24) is 24.7 Å². The van der Waals surface area contributed by atoms with Crippen molar-refractivity contribution in [3.05, 3.63) is 79.4 Å². The van der Waals surface area contributed by atoms with E-state index >= 15 is 0 Å². The Balaban J connectivity index is 1.67. The van der Waals surface area contributed by atoms with Crippen LogP contribution in [0, 0.1) is 0 Å². The molecule has 176 valence electrons. The molecule has 11 nitrogen and oxygen atoms in total. The minimum Gasteiger partial charge on any atom is -0.364 e. The molecule has 2 aliphatic rings. The number of amides is 2. The van der Waals surface area contributed by atoms with E-state index in [4.69, 9.17) is 0 Å². The molecule has 0 atom stereocenters. The summed E-state index contributed by atoms with van der Waals surface area (Å²) in [6, 6.07) is 7.64. The molecule has 2 N–H and O–H groups in total. The minimum atomic E-state index is -0.655. The standard InChI is InChI=1S/C23H23N5O6/c1-13(29)28(14(2)30)20-19(21(32)16-5-3-4-6-17(16)22(20)33)27-9-7-26(8-10-27)12-15-11-18(31)25-23(34)24-15/h3-6,11H,7-10,12H2,1-2H3,(H2,24,25,31,34). The van der Waals surface area contributed by atoms with Crippen LogP contribution in [0.4, 0.5) is 0 Å². The van der Waals surface area contributed by atoms with Crippen LogP contribution in [0.25, 0.3) is 0 Å². The maximum Gasteiger partial charge on any atom is 0.325 e. The zero-order valence-electron chi connectivity index (χ0n) is 18.7. The molecular weight excluding hydrogens is 442 g/mol. The first-order chi connectivity index (χ1) is 16.2. The van der Waals surface area contributed by atoms with E-state index in [-0.39, 0.29) is 22.5 Å². The number of ketones is 2. The molecule has 34 heavy (non-hydrogen) atoms. The fourth-order valence-corrected chi connectivity index (χ4v) is 4.36. The van der Waals surface area contributed by atoms with Gasteiger partial charge in [-0.2, -0.15) is 0 Å². The maximum atomic E-state index is 13.5. The molecule has 2 amide bonds. The molecule has 1 aromatic heterocycles. The van der Waals surface area contributed by atoms with Gasteiger partial charge in [-0.3, -0.25) is 33.9 Å². The maximum absolute atomic E-state index is 13.5. The van der Waals surface area contributed by atoms with E-state index < -0.39 is 34.6 Å². The minimum absolute atomic E-state index is 0.0262. The van der Waals surface area contributed by atoms with Gasteiger partial charge in [0.05, 0.1) is 0 Å². The molecule has 0 spiro atoms. The van der Waals surface area contributed by atoms with Crippen LogP contribution < -0.4 is 11.2 Å². The van der Waals surface area contributed by atoms with Crippen molar-refractivity contribution in [3.8, 4) is 0 Å². The largest absolute Gasteiger partial charge is 0.364 e. The number of hydrogen-bond acceptors (Lipinski definition) is 8. The van der Waals surface area contributed by atoms with Gasteiger partial charge < -0.3 is 9.88 Å². The Bertz CT molecular complexity index is 1300. The number of imide groups is 1. The third-order valence-corrected chi connectivity index (χ3v) is 5.82. The first-order valence-electron chi connectivity index (χ1n) is 10.7. The fraction of sp³-hybridized carbons (Fsp3) is 0.304. The van der Waals surface area contributed by atoms with Crippen LogP contribution in [0.2, 0.25) is 0 Å². The van der Waals surface area contributed by atoms with E-state index in [2.05, 4.69) is 9.97 Å². The van der Waals surface area contributed by atoms with Crippen molar-refractivity contribution in [2.45, 2.75) is 20.4 Å². The summed E-state index contributed by atoms with van der Waals surface area (Å²) in [6.07, 6.45) is 0. The fourth-order valence-electron chi connectivity index (χ4n) is 4.36. The summed E-state index contributed by atoms with van der Waals surface area (Å²) in [5.41, 5.74) is -0.452. The number of aromatic amines is 2. The van der Waals surface area contributed by atoms with Gasteiger partial charge in [0, 0.05) is 69.5 Å². The summed E-state index contributed by atoms with van der Waals surface area (Å²) in [5, 5.41) is 0. The monoisotopic (exact) mass is 465 g/mol. The summed E-state index contributed by atoms with van der Waals surface area (Å²) in [7, 11) is 0. The molecule has 1 fully saturated rings. The molecule has 1 aliphatic carbocycles. The highest BCUT2D eigenvalue weighted by Crippen LogP contribution is 2.31. The molecule has 2 aromatic rings. The predicted octanol–water partition coefficient (Wildman–Crippen LogP) is -0.133. The number of fused-ring (bicyclic) bond motifs is 1. The topological polar surface area (TPSA) is 144 Å². The molecule has 0 radical (unpaired) electrons. The number of nitrogens with zero attached hydrogens (tertiary/aromatic N) is 3. The Kier molecular flexibility index (Phi) is 6.12. The van der Waals surface area contributed by atoms with Crippen molar-refractivity contribution >= 4 is 23.4 Å². The molecule has 4 rings (SSSR count). The van der Waals surface area contributed by atoms with Crippen molar-refractivity contribution in [3.63, 3.8) is 0 Å². The zero-order valence-corrected chi connectivity index (χ0v) is 18.7. The summed E-state index contributed by atoms with van der Waals surface area (Å²) < 4.78 is 0. The molecular formula is C23H23N5O6. The quantitative estimate of drug-likeness (QED) is 0.635. The first kappa shape index (κ1) is 23.1. The number of rotatable bonds is 4.